The van der Waals surface area contributed by atoms with Gasteiger partial charge in [-0.1, -0.05) is 17.7 Å². The number of likely N-dealkylation sites (tertiary alicyclic amines) is 1. The normalized spacial score (nSPS) is 20.6. The third-order valence-electron chi connectivity index (χ3n) is 5.88. The van der Waals surface area contributed by atoms with Crippen molar-refractivity contribution >= 4 is 53.1 Å². The van der Waals surface area contributed by atoms with Gasteiger partial charge in [-0.2, -0.15) is 0 Å². The molecule has 1 unspecified atom stereocenters. The van der Waals surface area contributed by atoms with Crippen molar-refractivity contribution < 1.29 is 4.79 Å². The van der Waals surface area contributed by atoms with Crippen molar-refractivity contribution in [2.24, 2.45) is 16.6 Å². The first-order chi connectivity index (χ1) is 14.0. The lowest BCUT2D eigenvalue weighted by molar-refractivity contribution is -0.119. The van der Waals surface area contributed by atoms with Gasteiger partial charge in [0, 0.05) is 75.6 Å². The van der Waals surface area contributed by atoms with E-state index in [1.165, 1.54) is 5.69 Å². The van der Waals surface area contributed by atoms with Crippen LogP contribution in [0.1, 0.15) is 24.8 Å². The Hall–Kier alpha value is -1.26. The molecule has 0 saturated carbocycles. The minimum absolute atomic E-state index is 0. The molecule has 2 aliphatic rings. The lowest BCUT2D eigenvalue weighted by atomic mass is 9.95. The van der Waals surface area contributed by atoms with Crippen LogP contribution in [-0.2, 0) is 11.3 Å². The number of carbonyl (C=O) groups is 1. The summed E-state index contributed by atoms with van der Waals surface area (Å²) in [6, 6.07) is 6.12. The number of hydrogen-bond donors (Lipinski definition) is 2. The number of guanidine groups is 1. The molecule has 3 rings (SSSR count). The lowest BCUT2D eigenvalue weighted by Gasteiger charge is -2.36. The van der Waals surface area contributed by atoms with E-state index in [4.69, 9.17) is 17.3 Å². The number of halogens is 2. The number of piperazine rings is 1. The van der Waals surface area contributed by atoms with Gasteiger partial charge in [-0.05, 0) is 37.9 Å². The first kappa shape index (κ1) is 25.0. The smallest absolute Gasteiger partial charge is 0.217 e. The molecule has 9 heteroatoms. The van der Waals surface area contributed by atoms with E-state index in [0.717, 1.165) is 68.7 Å². The van der Waals surface area contributed by atoms with Crippen LogP contribution in [0.25, 0.3) is 0 Å². The van der Waals surface area contributed by atoms with Gasteiger partial charge in [0.15, 0.2) is 5.96 Å². The molecule has 3 N–H and O–H groups in total. The summed E-state index contributed by atoms with van der Waals surface area (Å²) in [5.41, 5.74) is 7.69. The van der Waals surface area contributed by atoms with Crippen LogP contribution in [0.5, 0.6) is 0 Å². The van der Waals surface area contributed by atoms with E-state index in [2.05, 4.69) is 38.1 Å². The first-order valence-electron chi connectivity index (χ1n) is 10.4. The fourth-order valence-corrected chi connectivity index (χ4v) is 4.51. The largest absolute Gasteiger partial charge is 0.370 e. The SMILES string of the molecule is CN=C(NCc1c(Cl)cccc1N1CCN(C)CC1)N1CCCC(CC(N)=O)C1.I. The Labute approximate surface area is 202 Å². The molecule has 0 bridgehead atoms. The molecule has 1 aromatic rings. The van der Waals surface area contributed by atoms with E-state index in [-0.39, 0.29) is 29.9 Å². The molecule has 168 valence electrons. The number of rotatable bonds is 5. The van der Waals surface area contributed by atoms with Crippen LogP contribution in [0, 0.1) is 5.92 Å². The summed E-state index contributed by atoms with van der Waals surface area (Å²) in [4.78, 5) is 22.8. The van der Waals surface area contributed by atoms with Gasteiger partial charge in [-0.25, -0.2) is 0 Å². The number of nitrogens with one attached hydrogen (secondary N) is 1. The molecule has 30 heavy (non-hydrogen) atoms. The van der Waals surface area contributed by atoms with E-state index in [0.29, 0.717) is 18.9 Å². The first-order valence-corrected chi connectivity index (χ1v) is 10.8. The quantitative estimate of drug-likeness (QED) is 0.336. The Kier molecular flexibility index (Phi) is 9.96. The van der Waals surface area contributed by atoms with Crippen LogP contribution >= 0.6 is 35.6 Å². The van der Waals surface area contributed by atoms with Gasteiger partial charge in [0.25, 0.3) is 0 Å². The van der Waals surface area contributed by atoms with Crippen molar-refractivity contribution in [1.29, 1.82) is 0 Å². The summed E-state index contributed by atoms with van der Waals surface area (Å²) in [5, 5.41) is 4.27. The van der Waals surface area contributed by atoms with Crippen LogP contribution in [0.4, 0.5) is 5.69 Å². The highest BCUT2D eigenvalue weighted by molar-refractivity contribution is 14.0. The fraction of sp³-hybridized carbons (Fsp3) is 0.619. The highest BCUT2D eigenvalue weighted by Crippen LogP contribution is 2.28. The van der Waals surface area contributed by atoms with Crippen molar-refractivity contribution in [1.82, 2.24) is 15.1 Å². The zero-order valence-corrected chi connectivity index (χ0v) is 21.0. The number of anilines is 1. The molecule has 1 amide bonds. The highest BCUT2D eigenvalue weighted by atomic mass is 127. The fourth-order valence-electron chi connectivity index (χ4n) is 4.27. The van der Waals surface area contributed by atoms with Gasteiger partial charge in [-0.15, -0.1) is 24.0 Å². The third-order valence-corrected chi connectivity index (χ3v) is 6.24. The Morgan fingerprint density at radius 2 is 2.00 bits per heavy atom. The second-order valence-corrected chi connectivity index (χ2v) is 8.46. The van der Waals surface area contributed by atoms with Gasteiger partial charge < -0.3 is 25.8 Å². The van der Waals surface area contributed by atoms with Gasteiger partial charge in [0.05, 0.1) is 0 Å². The van der Waals surface area contributed by atoms with E-state index in [1.54, 1.807) is 7.05 Å². The van der Waals surface area contributed by atoms with Crippen molar-refractivity contribution in [3.8, 4) is 0 Å². The van der Waals surface area contributed by atoms with Gasteiger partial charge >= 0.3 is 0 Å². The number of aliphatic imine (C=N–C) groups is 1. The van der Waals surface area contributed by atoms with E-state index < -0.39 is 0 Å². The van der Waals surface area contributed by atoms with Gasteiger partial charge in [-0.3, -0.25) is 9.79 Å². The molecule has 2 fully saturated rings. The maximum atomic E-state index is 11.3. The van der Waals surface area contributed by atoms with Crippen molar-refractivity contribution in [2.75, 3.05) is 58.3 Å². The summed E-state index contributed by atoms with van der Waals surface area (Å²) in [7, 11) is 3.96. The second kappa shape index (κ2) is 12.0. The average molecular weight is 549 g/mol. The predicted molar refractivity (Wildman–Crippen MR) is 135 cm³/mol. The third kappa shape index (κ3) is 6.62. The van der Waals surface area contributed by atoms with Crippen molar-refractivity contribution in [3.05, 3.63) is 28.8 Å². The molecule has 1 aromatic carbocycles. The number of nitrogens with zero attached hydrogens (tertiary/aromatic N) is 4. The van der Waals surface area contributed by atoms with Crippen LogP contribution < -0.4 is 16.0 Å². The standard InChI is InChI=1S/C21H33ClN6O.HI/c1-24-21(28-8-4-5-16(15-28)13-20(23)29)25-14-17-18(22)6-3-7-19(17)27-11-9-26(2)10-12-27;/h3,6-7,16H,4-5,8-15H2,1-2H3,(H2,23,29)(H,24,25);1H. The summed E-state index contributed by atoms with van der Waals surface area (Å²) in [5.74, 6) is 0.914. The monoisotopic (exact) mass is 548 g/mol. The van der Waals surface area contributed by atoms with Crippen molar-refractivity contribution in [2.45, 2.75) is 25.8 Å². The highest BCUT2D eigenvalue weighted by Gasteiger charge is 2.24. The molecule has 0 radical (unpaired) electrons. The number of likely N-dealkylation sites (N-methyl/N-ethyl adjacent to an activating group) is 1. The summed E-state index contributed by atoms with van der Waals surface area (Å²) in [6.07, 6.45) is 2.51. The molecular weight excluding hydrogens is 515 g/mol. The van der Waals surface area contributed by atoms with Crippen LogP contribution in [0.15, 0.2) is 23.2 Å². The number of piperidine rings is 1. The van der Waals surface area contributed by atoms with E-state index in [1.807, 2.05) is 12.1 Å². The van der Waals surface area contributed by atoms with Gasteiger partial charge in [0.1, 0.15) is 0 Å². The summed E-state index contributed by atoms with van der Waals surface area (Å²) >= 11 is 6.59. The molecule has 2 saturated heterocycles. The molecule has 7 nitrogen and oxygen atoms in total. The van der Waals surface area contributed by atoms with Crippen LogP contribution in [0.3, 0.4) is 0 Å². The van der Waals surface area contributed by atoms with Crippen LogP contribution in [-0.4, -0.2) is 75.0 Å². The average Bonchev–Trinajstić information content (AvgIpc) is 2.70. The Balaban J connectivity index is 0.00000320. The van der Waals surface area contributed by atoms with Crippen molar-refractivity contribution in [3.63, 3.8) is 0 Å². The molecule has 0 aromatic heterocycles. The predicted octanol–water partition coefficient (Wildman–Crippen LogP) is 2.37. The number of carbonyl (C=O) groups excluding carboxylic acids is 1. The Morgan fingerprint density at radius 1 is 1.27 bits per heavy atom. The minimum atomic E-state index is -0.229. The van der Waals surface area contributed by atoms with E-state index in [9.17, 15) is 4.79 Å². The summed E-state index contributed by atoms with van der Waals surface area (Å²) < 4.78 is 0. The zero-order valence-electron chi connectivity index (χ0n) is 17.9. The van der Waals surface area contributed by atoms with E-state index >= 15 is 0 Å². The van der Waals surface area contributed by atoms with Gasteiger partial charge in [0.2, 0.25) is 5.91 Å². The lowest BCUT2D eigenvalue weighted by Crippen LogP contribution is -2.47. The number of benzene rings is 1. The number of primary amides is 1. The molecule has 0 spiro atoms. The van der Waals surface area contributed by atoms with Crippen LogP contribution in [0.2, 0.25) is 5.02 Å². The molecular formula is C21H34ClIN6O. The maximum absolute atomic E-state index is 11.3. The molecule has 1 atom stereocenters. The maximum Gasteiger partial charge on any atom is 0.217 e. The Bertz CT molecular complexity index is 738. The number of nitrogens with two attached hydrogens (primary N) is 1. The topological polar surface area (TPSA) is 77.2 Å². The zero-order chi connectivity index (χ0) is 20.8. The minimum Gasteiger partial charge on any atom is -0.370 e. The summed E-state index contributed by atoms with van der Waals surface area (Å²) in [6.45, 7) is 6.45. The molecule has 2 aliphatic heterocycles. The molecule has 2 heterocycles. The number of hydrogen-bond acceptors (Lipinski definition) is 4. The Morgan fingerprint density at radius 3 is 2.67 bits per heavy atom. The molecule has 0 aliphatic carbocycles. The number of amides is 1. The second-order valence-electron chi connectivity index (χ2n) is 8.05.